The van der Waals surface area contributed by atoms with E-state index in [1.165, 1.54) is 87.3 Å². The highest BCUT2D eigenvalue weighted by Gasteiger charge is 2.44. The van der Waals surface area contributed by atoms with Crippen LogP contribution in [0.25, 0.3) is 10.9 Å². The Morgan fingerprint density at radius 2 is 1.39 bits per heavy atom. The van der Waals surface area contributed by atoms with Crippen LogP contribution in [0, 0.1) is 0 Å². The summed E-state index contributed by atoms with van der Waals surface area (Å²) in [5.41, 5.74) is 13.5. The topological polar surface area (TPSA) is 52.8 Å². The monoisotopic (exact) mass is 1050 g/mol. The van der Waals surface area contributed by atoms with Crippen LogP contribution < -0.4 is 34.2 Å². The minimum atomic E-state index is -0.0898. The molecular weight excluding hydrogens is 974 g/mol. The largest absolute Gasteiger partial charge is 1.00 e. The van der Waals surface area contributed by atoms with E-state index in [4.69, 9.17) is 4.74 Å². The number of benzene rings is 4. The molecule has 4 aliphatic rings. The molecule has 0 bridgehead atoms. The Balaban J connectivity index is 0.00000659. The molecule has 70 heavy (non-hydrogen) atoms. The van der Waals surface area contributed by atoms with Crippen molar-refractivity contribution in [2.24, 2.45) is 0 Å². The van der Waals surface area contributed by atoms with Crippen LogP contribution in [0.2, 0.25) is 0 Å². The highest BCUT2D eigenvalue weighted by Crippen LogP contribution is 2.48. The number of nitrogens with zero attached hydrogens (tertiary/aromatic N) is 4. The van der Waals surface area contributed by atoms with Gasteiger partial charge in [0, 0.05) is 90.7 Å². The summed E-state index contributed by atoms with van der Waals surface area (Å²) in [7, 11) is 2.17. The number of fused-ring (bicyclic) bond motifs is 5. The summed E-state index contributed by atoms with van der Waals surface area (Å²) >= 11 is 0. The van der Waals surface area contributed by atoms with E-state index in [2.05, 4.69) is 193 Å². The number of hydrogen-bond acceptors (Lipinski definition) is 4. The van der Waals surface area contributed by atoms with Crippen LogP contribution >= 0.6 is 0 Å². The van der Waals surface area contributed by atoms with Crippen LogP contribution in [0.3, 0.4) is 0 Å². The lowest BCUT2D eigenvalue weighted by molar-refractivity contribution is -0.401. The van der Waals surface area contributed by atoms with Gasteiger partial charge in [-0.3, -0.25) is 4.79 Å². The molecule has 4 aromatic carbocycles. The Morgan fingerprint density at radius 1 is 0.700 bits per heavy atom. The molecule has 0 unspecified atom stereocenters. The van der Waals surface area contributed by atoms with Gasteiger partial charge in [-0.2, -0.15) is 4.58 Å². The number of anilines is 1. The van der Waals surface area contributed by atoms with Crippen LogP contribution in [0.15, 0.2) is 139 Å². The van der Waals surface area contributed by atoms with Gasteiger partial charge >= 0.3 is 0 Å². The van der Waals surface area contributed by atoms with E-state index in [0.29, 0.717) is 6.42 Å². The van der Waals surface area contributed by atoms with Crippen molar-refractivity contribution in [3.05, 3.63) is 167 Å². The van der Waals surface area contributed by atoms with Gasteiger partial charge in [-0.25, -0.2) is 0 Å². The highest BCUT2D eigenvalue weighted by molar-refractivity contribution is 6.03. The van der Waals surface area contributed by atoms with E-state index in [1.807, 2.05) is 0 Å². The minimum Gasteiger partial charge on any atom is -1.00 e. The number of aromatic nitrogens is 1. The molecule has 4 aliphatic heterocycles. The van der Waals surface area contributed by atoms with E-state index >= 15 is 0 Å². The number of rotatable bonds is 21. The van der Waals surface area contributed by atoms with Crippen molar-refractivity contribution in [2.75, 3.05) is 44.7 Å². The number of amides is 1. The quantitative estimate of drug-likeness (QED) is 0.0344. The zero-order valence-electron chi connectivity index (χ0n) is 42.8. The number of para-hydroxylation sites is 3. The summed E-state index contributed by atoms with van der Waals surface area (Å²) in [6.45, 7) is 16.3. The number of nitrogens with one attached hydrogen (secondary N) is 1. The number of aryl methyl sites for hydroxylation is 2. The Morgan fingerprint density at radius 3 is 2.21 bits per heavy atom. The zero-order chi connectivity index (χ0) is 47.9. The molecule has 370 valence electrons. The maximum absolute atomic E-state index is 12.8. The minimum absolute atomic E-state index is 0. The Bertz CT molecular complexity index is 2710. The van der Waals surface area contributed by atoms with Crippen LogP contribution in [0.4, 0.5) is 11.4 Å². The van der Waals surface area contributed by atoms with Gasteiger partial charge in [0.05, 0.1) is 17.6 Å². The third-order valence-electron chi connectivity index (χ3n) is 16.1. The van der Waals surface area contributed by atoms with E-state index in [9.17, 15) is 4.79 Å². The number of halogens is 1. The van der Waals surface area contributed by atoms with Gasteiger partial charge in [0.2, 0.25) is 11.6 Å². The first-order valence-corrected chi connectivity index (χ1v) is 26.5. The van der Waals surface area contributed by atoms with E-state index in [-0.39, 0.29) is 46.3 Å². The molecule has 1 saturated heterocycles. The third-order valence-corrected chi connectivity index (χ3v) is 16.1. The zero-order valence-corrected chi connectivity index (χ0v) is 45.0. The number of unbranched alkanes of at least 4 members (excludes halogenated alkanes) is 6. The summed E-state index contributed by atoms with van der Waals surface area (Å²) in [5, 5.41) is 4.63. The summed E-state index contributed by atoms with van der Waals surface area (Å²) in [6.07, 6.45) is 27.4. The second-order valence-corrected chi connectivity index (χ2v) is 21.4. The maximum atomic E-state index is 12.8. The first-order valence-electron chi connectivity index (χ1n) is 26.5. The molecule has 1 amide bonds. The molecule has 7 nitrogen and oxygen atoms in total. The van der Waals surface area contributed by atoms with Crippen molar-refractivity contribution in [1.82, 2.24) is 14.8 Å². The van der Waals surface area contributed by atoms with Crippen molar-refractivity contribution in [1.29, 1.82) is 0 Å². The molecule has 1 spiro atoms. The van der Waals surface area contributed by atoms with Gasteiger partial charge in [-0.1, -0.05) is 130 Å². The summed E-state index contributed by atoms with van der Waals surface area (Å²) in [6, 6.07) is 35.4. The average molecular weight is 1050 g/mol. The molecule has 1 fully saturated rings. The fourth-order valence-electron chi connectivity index (χ4n) is 12.1. The summed E-state index contributed by atoms with van der Waals surface area (Å²) in [4.78, 5) is 18.0. The van der Waals surface area contributed by atoms with Crippen molar-refractivity contribution >= 4 is 33.9 Å². The van der Waals surface area contributed by atoms with Gasteiger partial charge < -0.3 is 48.4 Å². The molecule has 9 rings (SSSR count). The van der Waals surface area contributed by atoms with Crippen molar-refractivity contribution in [3.63, 3.8) is 0 Å². The highest BCUT2D eigenvalue weighted by atomic mass is 127. The smallest absolute Gasteiger partial charge is 0.219 e. The molecule has 0 aliphatic carbocycles. The van der Waals surface area contributed by atoms with E-state index in [1.54, 1.807) is 0 Å². The van der Waals surface area contributed by atoms with Crippen molar-refractivity contribution < 1.29 is 38.1 Å². The van der Waals surface area contributed by atoms with E-state index in [0.717, 1.165) is 97.1 Å². The summed E-state index contributed by atoms with van der Waals surface area (Å²) in [5.74, 6) is 0.191. The lowest BCUT2D eigenvalue weighted by atomic mass is 9.81. The first kappa shape index (κ1) is 51.6. The second-order valence-electron chi connectivity index (χ2n) is 21.4. The molecule has 0 saturated carbocycles. The van der Waals surface area contributed by atoms with Gasteiger partial charge in [0.15, 0.2) is 5.71 Å². The van der Waals surface area contributed by atoms with Crippen molar-refractivity contribution in [2.45, 2.75) is 141 Å². The average Bonchev–Trinajstić information content (AvgIpc) is 4.02. The normalized spacial score (nSPS) is 18.4. The van der Waals surface area contributed by atoms with Crippen LogP contribution in [0.5, 0.6) is 0 Å². The van der Waals surface area contributed by atoms with Gasteiger partial charge in [0.1, 0.15) is 7.05 Å². The molecule has 0 radical (unpaired) electrons. The van der Waals surface area contributed by atoms with Crippen LogP contribution in [0.1, 0.15) is 133 Å². The van der Waals surface area contributed by atoms with Gasteiger partial charge in [-0.05, 0) is 119 Å². The number of hydrogen-bond donors (Lipinski definition) is 1. The lowest BCUT2D eigenvalue weighted by Gasteiger charge is -2.39. The Kier molecular flexibility index (Phi) is 17.1. The Hall–Kier alpha value is -4.77. The van der Waals surface area contributed by atoms with Crippen molar-refractivity contribution in [3.8, 4) is 0 Å². The predicted molar refractivity (Wildman–Crippen MR) is 287 cm³/mol. The second kappa shape index (κ2) is 23.2. The number of piperidine rings is 1. The maximum Gasteiger partial charge on any atom is 0.219 e. The van der Waals surface area contributed by atoms with Crippen LogP contribution in [-0.4, -0.2) is 65.4 Å². The van der Waals surface area contributed by atoms with Gasteiger partial charge in [-0.15, -0.1) is 0 Å². The standard InChI is InChI=1S/C62H77N5O2.HI/c1-60(2)52-30-16-19-33-55(52)64(5)57(60)35-10-8-11-36-58-61(3,4)53-31-17-20-34-56(53)67(58)43-24-9-12-37-59(68)63-40-22-6-7-23-42-66-46-48(50-28-14-18-32-54(50)66)26-21-25-41-65-44-38-62(39-45-65)51-29-15-13-27-49(51)47-69-62;/h8,10-11,13-20,27-36,46H,6-7,9,12,21-26,37-45,47H2,1-5H3;1H. The SMILES string of the molecule is C[N+]1=C(/C=C/C=C/C=C2\N(CCCCCC(=O)NCCCCCCn3cc(CCCCN4CCC5(CC4)OCc4ccccc45)c4ccccc43)c3ccccc3C2(C)C)C(C)(C)c2ccccc21.[I-]. The fraction of sp³-hybridized carbons (Fsp3) is 0.452. The number of carbonyl (C=O) groups is 1. The molecule has 1 aromatic heterocycles. The molecule has 5 heterocycles. The molecule has 8 heteroatoms. The molecule has 1 N–H and O–H groups in total. The van der Waals surface area contributed by atoms with E-state index < -0.39 is 0 Å². The van der Waals surface area contributed by atoms with Gasteiger partial charge in [0.25, 0.3) is 0 Å². The Labute approximate surface area is 436 Å². The number of likely N-dealkylation sites (tertiary alicyclic amines) is 1. The number of carbonyl (C=O) groups excluding carboxylic acids is 1. The fourth-order valence-corrected chi connectivity index (χ4v) is 12.1. The predicted octanol–water partition coefficient (Wildman–Crippen LogP) is 10.2. The molecular formula is C62H78IN5O2. The van der Waals surface area contributed by atoms with Crippen LogP contribution in [-0.2, 0) is 45.5 Å². The number of ether oxygens (including phenoxy) is 1. The number of allylic oxidation sites excluding steroid dienone is 6. The molecule has 5 aromatic rings. The third kappa shape index (κ3) is 11.1. The molecule has 0 atom stereocenters. The first-order chi connectivity index (χ1) is 33.6. The summed E-state index contributed by atoms with van der Waals surface area (Å²) < 4.78 is 11.2. The lowest BCUT2D eigenvalue weighted by Crippen LogP contribution is -3.00.